The van der Waals surface area contributed by atoms with Crippen LogP contribution in [0, 0.1) is 5.92 Å². The maximum Gasteiger partial charge on any atom is 0.0608 e. The second-order valence-electron chi connectivity index (χ2n) is 6.02. The Morgan fingerprint density at radius 1 is 1.39 bits per heavy atom. The van der Waals surface area contributed by atoms with Crippen LogP contribution in [0.25, 0.3) is 0 Å². The van der Waals surface area contributed by atoms with Crippen LogP contribution in [0.3, 0.4) is 0 Å². The third kappa shape index (κ3) is 4.83. The normalized spacial score (nSPS) is 14.2. The lowest BCUT2D eigenvalue weighted by Gasteiger charge is -2.21. The minimum absolute atomic E-state index is 0.415. The zero-order valence-corrected chi connectivity index (χ0v) is 12.4. The summed E-state index contributed by atoms with van der Waals surface area (Å²) in [6.07, 6.45) is 5.07. The molecule has 1 atom stereocenters. The van der Waals surface area contributed by atoms with E-state index in [9.17, 15) is 5.11 Å². The molecule has 0 saturated heterocycles. The van der Waals surface area contributed by atoms with E-state index in [1.54, 1.807) is 0 Å². The summed E-state index contributed by atoms with van der Waals surface area (Å²) in [5.41, 5.74) is 0.742. The Labute approximate surface area is 111 Å². The van der Waals surface area contributed by atoms with Crippen LogP contribution in [0.1, 0.15) is 52.6 Å². The Morgan fingerprint density at radius 3 is 2.56 bits per heavy atom. The first-order chi connectivity index (χ1) is 8.33. The highest BCUT2D eigenvalue weighted by Crippen LogP contribution is 2.22. The van der Waals surface area contributed by atoms with E-state index in [0.29, 0.717) is 12.0 Å². The molecule has 0 amide bonds. The summed E-state index contributed by atoms with van der Waals surface area (Å²) < 4.78 is 2.17. The van der Waals surface area contributed by atoms with Crippen LogP contribution in [0.5, 0.6) is 0 Å². The molecule has 1 aromatic rings. The molecule has 2 N–H and O–H groups in total. The molecule has 0 aliphatic heterocycles. The van der Waals surface area contributed by atoms with Gasteiger partial charge in [0.2, 0.25) is 0 Å². The molecular weight excluding hydrogens is 224 g/mol. The van der Waals surface area contributed by atoms with Crippen molar-refractivity contribution < 1.29 is 5.11 Å². The van der Waals surface area contributed by atoms with Gasteiger partial charge in [-0.15, -0.1) is 0 Å². The zero-order valence-electron chi connectivity index (χ0n) is 12.4. The van der Waals surface area contributed by atoms with E-state index in [2.05, 4.69) is 49.1 Å². The van der Waals surface area contributed by atoms with Crippen molar-refractivity contribution in [2.75, 3.05) is 6.54 Å². The van der Waals surface area contributed by atoms with Crippen molar-refractivity contribution in [1.82, 2.24) is 9.88 Å². The van der Waals surface area contributed by atoms with Gasteiger partial charge in [0.05, 0.1) is 5.60 Å². The minimum Gasteiger partial charge on any atom is -0.390 e. The first-order valence-corrected chi connectivity index (χ1v) is 6.95. The second-order valence-corrected chi connectivity index (χ2v) is 6.02. The SMILES string of the molecule is CCNC(c1ccn(CCC(C)(C)O)c1)C(C)C. The van der Waals surface area contributed by atoms with Gasteiger partial charge in [-0.1, -0.05) is 20.8 Å². The van der Waals surface area contributed by atoms with Crippen LogP contribution in [0.4, 0.5) is 0 Å². The summed E-state index contributed by atoms with van der Waals surface area (Å²) in [7, 11) is 0. The molecule has 0 aromatic carbocycles. The number of aryl methyl sites for hydroxylation is 1. The van der Waals surface area contributed by atoms with E-state index in [0.717, 1.165) is 19.5 Å². The number of hydrogen-bond acceptors (Lipinski definition) is 2. The van der Waals surface area contributed by atoms with Crippen LogP contribution in [-0.4, -0.2) is 21.8 Å². The summed E-state index contributed by atoms with van der Waals surface area (Å²) in [5.74, 6) is 0.579. The van der Waals surface area contributed by atoms with E-state index in [1.807, 2.05) is 13.8 Å². The van der Waals surface area contributed by atoms with E-state index in [1.165, 1.54) is 5.56 Å². The van der Waals surface area contributed by atoms with Crippen molar-refractivity contribution >= 4 is 0 Å². The summed E-state index contributed by atoms with van der Waals surface area (Å²) in [4.78, 5) is 0. The lowest BCUT2D eigenvalue weighted by atomic mass is 9.98. The zero-order chi connectivity index (χ0) is 13.8. The number of aliphatic hydroxyl groups is 1. The average Bonchev–Trinajstić information content (AvgIpc) is 2.70. The van der Waals surface area contributed by atoms with Crippen LogP contribution in [0.15, 0.2) is 18.5 Å². The van der Waals surface area contributed by atoms with Gasteiger partial charge in [0, 0.05) is 25.0 Å². The van der Waals surface area contributed by atoms with Crippen LogP contribution < -0.4 is 5.32 Å². The Balaban J connectivity index is 2.66. The Bertz CT molecular complexity index is 350. The lowest BCUT2D eigenvalue weighted by Crippen LogP contribution is -2.25. The fourth-order valence-corrected chi connectivity index (χ4v) is 2.14. The molecule has 0 saturated carbocycles. The maximum absolute atomic E-state index is 9.74. The van der Waals surface area contributed by atoms with Gasteiger partial charge in [0.1, 0.15) is 0 Å². The van der Waals surface area contributed by atoms with Gasteiger partial charge in [-0.3, -0.25) is 0 Å². The molecule has 3 heteroatoms. The van der Waals surface area contributed by atoms with Crippen molar-refractivity contribution in [1.29, 1.82) is 0 Å². The molecule has 1 unspecified atom stereocenters. The van der Waals surface area contributed by atoms with Crippen LogP contribution in [0.2, 0.25) is 0 Å². The van der Waals surface area contributed by atoms with Gasteiger partial charge >= 0.3 is 0 Å². The fraction of sp³-hybridized carbons (Fsp3) is 0.733. The molecule has 1 rings (SSSR count). The predicted octanol–water partition coefficient (Wildman–Crippen LogP) is 2.96. The van der Waals surface area contributed by atoms with Gasteiger partial charge in [-0.05, 0) is 44.4 Å². The first kappa shape index (κ1) is 15.3. The maximum atomic E-state index is 9.74. The van der Waals surface area contributed by atoms with Crippen molar-refractivity contribution in [3.63, 3.8) is 0 Å². The van der Waals surface area contributed by atoms with Gasteiger partial charge < -0.3 is 15.0 Å². The molecule has 0 bridgehead atoms. The van der Waals surface area contributed by atoms with E-state index >= 15 is 0 Å². The van der Waals surface area contributed by atoms with Crippen molar-refractivity contribution in [3.05, 3.63) is 24.0 Å². The summed E-state index contributed by atoms with van der Waals surface area (Å²) in [6.45, 7) is 12.2. The second kappa shape index (κ2) is 6.39. The number of aromatic nitrogens is 1. The van der Waals surface area contributed by atoms with E-state index in [-0.39, 0.29) is 0 Å². The number of hydrogen-bond donors (Lipinski definition) is 2. The number of rotatable bonds is 7. The third-order valence-corrected chi connectivity index (χ3v) is 3.20. The third-order valence-electron chi connectivity index (χ3n) is 3.20. The smallest absolute Gasteiger partial charge is 0.0608 e. The monoisotopic (exact) mass is 252 g/mol. The standard InChI is InChI=1S/C15H28N2O/c1-6-16-14(12(2)3)13-7-9-17(11-13)10-8-15(4,5)18/h7,9,11-12,14,16,18H,6,8,10H2,1-5H3. The summed E-state index contributed by atoms with van der Waals surface area (Å²) in [5, 5.41) is 13.3. The van der Waals surface area contributed by atoms with Gasteiger partial charge in [-0.2, -0.15) is 0 Å². The molecule has 0 radical (unpaired) electrons. The molecule has 1 aromatic heterocycles. The quantitative estimate of drug-likeness (QED) is 0.783. The van der Waals surface area contributed by atoms with Crippen LogP contribution >= 0.6 is 0 Å². The summed E-state index contributed by atoms with van der Waals surface area (Å²) in [6, 6.07) is 2.59. The summed E-state index contributed by atoms with van der Waals surface area (Å²) >= 11 is 0. The van der Waals surface area contributed by atoms with Crippen molar-refractivity contribution in [2.45, 2.75) is 59.2 Å². The molecule has 1 heterocycles. The minimum atomic E-state index is -0.594. The largest absolute Gasteiger partial charge is 0.390 e. The first-order valence-electron chi connectivity index (χ1n) is 6.95. The van der Waals surface area contributed by atoms with Crippen molar-refractivity contribution in [2.24, 2.45) is 5.92 Å². The molecule has 0 spiro atoms. The highest BCUT2D eigenvalue weighted by molar-refractivity contribution is 5.16. The molecular formula is C15H28N2O. The average molecular weight is 252 g/mol. The number of nitrogens with one attached hydrogen (secondary N) is 1. The van der Waals surface area contributed by atoms with E-state index < -0.39 is 5.60 Å². The molecule has 104 valence electrons. The molecule has 18 heavy (non-hydrogen) atoms. The highest BCUT2D eigenvalue weighted by atomic mass is 16.3. The van der Waals surface area contributed by atoms with Gasteiger partial charge in [0.15, 0.2) is 0 Å². The highest BCUT2D eigenvalue weighted by Gasteiger charge is 2.16. The van der Waals surface area contributed by atoms with Gasteiger partial charge in [0.25, 0.3) is 0 Å². The van der Waals surface area contributed by atoms with E-state index in [4.69, 9.17) is 0 Å². The predicted molar refractivity (Wildman–Crippen MR) is 76.6 cm³/mol. The molecule has 0 aliphatic carbocycles. The molecule has 0 fully saturated rings. The molecule has 0 aliphatic rings. The Hall–Kier alpha value is -0.800. The number of nitrogens with zero attached hydrogens (tertiary/aromatic N) is 1. The van der Waals surface area contributed by atoms with Crippen molar-refractivity contribution in [3.8, 4) is 0 Å². The Morgan fingerprint density at radius 2 is 2.06 bits per heavy atom. The van der Waals surface area contributed by atoms with Gasteiger partial charge in [-0.25, -0.2) is 0 Å². The van der Waals surface area contributed by atoms with Crippen LogP contribution in [-0.2, 0) is 6.54 Å². The lowest BCUT2D eigenvalue weighted by molar-refractivity contribution is 0.0662. The topological polar surface area (TPSA) is 37.2 Å². The Kier molecular flexibility index (Phi) is 5.42. The fourth-order valence-electron chi connectivity index (χ4n) is 2.14. The molecule has 3 nitrogen and oxygen atoms in total.